The predicted octanol–water partition coefficient (Wildman–Crippen LogP) is 1.36. The van der Waals surface area contributed by atoms with Gasteiger partial charge in [-0.05, 0) is 13.0 Å². The van der Waals surface area contributed by atoms with Crippen molar-refractivity contribution in [3.05, 3.63) is 22.6 Å². The number of nitrogens with two attached hydrogens (primary N) is 1. The number of hydrogen-bond donors (Lipinski definition) is 1. The Balaban J connectivity index is 2.65. The van der Waals surface area contributed by atoms with Gasteiger partial charge in [0.25, 0.3) is 5.56 Å². The molecule has 8 heteroatoms. The number of nitrogens with zero attached hydrogens (tertiary/aromatic N) is 3. The summed E-state index contributed by atoms with van der Waals surface area (Å²) < 4.78 is 38.9. The molecule has 5 nitrogen and oxygen atoms in total. The molecule has 2 N–H and O–H groups in total. The SMILES string of the molecule is CCn1nc(N)c2c(=O)n(CC(F)(F)F)ccc21. The Kier molecular flexibility index (Phi) is 2.80. The van der Waals surface area contributed by atoms with Crippen LogP contribution in [0.2, 0.25) is 0 Å². The van der Waals surface area contributed by atoms with Crippen LogP contribution < -0.4 is 11.3 Å². The number of hydrogen-bond acceptors (Lipinski definition) is 3. The Morgan fingerprint density at radius 2 is 2.11 bits per heavy atom. The van der Waals surface area contributed by atoms with E-state index in [2.05, 4.69) is 5.10 Å². The zero-order valence-electron chi connectivity index (χ0n) is 9.53. The average Bonchev–Trinajstić information content (AvgIpc) is 2.58. The topological polar surface area (TPSA) is 65.8 Å². The summed E-state index contributed by atoms with van der Waals surface area (Å²) in [4.78, 5) is 11.9. The number of rotatable bonds is 2. The minimum atomic E-state index is -4.45. The van der Waals surface area contributed by atoms with E-state index in [0.29, 0.717) is 16.6 Å². The van der Waals surface area contributed by atoms with Crippen LogP contribution in [-0.2, 0) is 13.1 Å². The third-order valence-corrected chi connectivity index (χ3v) is 2.56. The van der Waals surface area contributed by atoms with Crippen molar-refractivity contribution in [2.75, 3.05) is 5.73 Å². The Morgan fingerprint density at radius 3 is 2.67 bits per heavy atom. The van der Waals surface area contributed by atoms with Gasteiger partial charge in [-0.2, -0.15) is 18.3 Å². The molecule has 0 aliphatic rings. The summed E-state index contributed by atoms with van der Waals surface area (Å²) in [7, 11) is 0. The molecule has 98 valence electrons. The minimum Gasteiger partial charge on any atom is -0.382 e. The monoisotopic (exact) mass is 260 g/mol. The van der Waals surface area contributed by atoms with E-state index < -0.39 is 18.3 Å². The van der Waals surface area contributed by atoms with Gasteiger partial charge in [-0.25, -0.2) is 0 Å². The summed E-state index contributed by atoms with van der Waals surface area (Å²) in [5, 5.41) is 3.94. The molecule has 2 aromatic rings. The van der Waals surface area contributed by atoms with Crippen LogP contribution >= 0.6 is 0 Å². The summed E-state index contributed by atoms with van der Waals surface area (Å²) in [5.74, 6) is -0.0478. The van der Waals surface area contributed by atoms with Crippen molar-refractivity contribution in [2.45, 2.75) is 26.2 Å². The third-order valence-electron chi connectivity index (χ3n) is 2.56. The van der Waals surface area contributed by atoms with Crippen molar-refractivity contribution in [1.29, 1.82) is 0 Å². The van der Waals surface area contributed by atoms with Crippen molar-refractivity contribution in [2.24, 2.45) is 0 Å². The zero-order chi connectivity index (χ0) is 13.5. The molecular weight excluding hydrogens is 249 g/mol. The van der Waals surface area contributed by atoms with Gasteiger partial charge in [-0.3, -0.25) is 9.48 Å². The first-order valence-electron chi connectivity index (χ1n) is 5.25. The highest BCUT2D eigenvalue weighted by atomic mass is 19.4. The van der Waals surface area contributed by atoms with Crippen LogP contribution in [0, 0.1) is 0 Å². The lowest BCUT2D eigenvalue weighted by atomic mass is 10.3. The largest absolute Gasteiger partial charge is 0.406 e. The van der Waals surface area contributed by atoms with Crippen molar-refractivity contribution in [3.63, 3.8) is 0 Å². The maximum absolute atomic E-state index is 12.3. The Labute approximate surface area is 99.6 Å². The molecular formula is C10H11F3N4O. The summed E-state index contributed by atoms with van der Waals surface area (Å²) in [6.07, 6.45) is -3.35. The fourth-order valence-corrected chi connectivity index (χ4v) is 1.81. The number of anilines is 1. The Morgan fingerprint density at radius 1 is 1.44 bits per heavy atom. The van der Waals surface area contributed by atoms with Gasteiger partial charge in [0.1, 0.15) is 11.9 Å². The highest BCUT2D eigenvalue weighted by molar-refractivity contribution is 5.88. The second-order valence-electron chi connectivity index (χ2n) is 3.83. The van der Waals surface area contributed by atoms with Gasteiger partial charge in [0.2, 0.25) is 0 Å². The van der Waals surface area contributed by atoms with E-state index in [1.165, 1.54) is 10.7 Å². The van der Waals surface area contributed by atoms with Gasteiger partial charge >= 0.3 is 6.18 Å². The van der Waals surface area contributed by atoms with Crippen molar-refractivity contribution < 1.29 is 13.2 Å². The lowest BCUT2D eigenvalue weighted by molar-refractivity contribution is -0.141. The fraction of sp³-hybridized carbons (Fsp3) is 0.400. The lowest BCUT2D eigenvalue weighted by Gasteiger charge is -2.09. The number of halogens is 3. The third kappa shape index (κ3) is 2.05. The summed E-state index contributed by atoms with van der Waals surface area (Å²) in [5.41, 5.74) is 5.23. The molecule has 0 radical (unpaired) electrons. The predicted molar refractivity (Wildman–Crippen MR) is 60.1 cm³/mol. The molecule has 0 aliphatic carbocycles. The minimum absolute atomic E-state index is 0.0311. The van der Waals surface area contributed by atoms with E-state index in [1.54, 1.807) is 6.92 Å². The van der Waals surface area contributed by atoms with Crippen molar-refractivity contribution in [1.82, 2.24) is 14.3 Å². The average molecular weight is 260 g/mol. The van der Waals surface area contributed by atoms with Gasteiger partial charge in [0.15, 0.2) is 5.82 Å². The molecule has 0 spiro atoms. The van der Waals surface area contributed by atoms with Gasteiger partial charge in [-0.15, -0.1) is 0 Å². The van der Waals surface area contributed by atoms with E-state index in [4.69, 9.17) is 5.73 Å². The molecule has 0 unspecified atom stereocenters. The van der Waals surface area contributed by atoms with Gasteiger partial charge in [0.05, 0.1) is 5.52 Å². The fourth-order valence-electron chi connectivity index (χ4n) is 1.81. The second-order valence-corrected chi connectivity index (χ2v) is 3.83. The molecule has 0 aromatic carbocycles. The lowest BCUT2D eigenvalue weighted by Crippen LogP contribution is -2.27. The smallest absolute Gasteiger partial charge is 0.382 e. The molecule has 0 saturated carbocycles. The molecule has 0 bridgehead atoms. The van der Waals surface area contributed by atoms with Crippen LogP contribution in [0.4, 0.5) is 19.0 Å². The van der Waals surface area contributed by atoms with E-state index in [1.807, 2.05) is 0 Å². The van der Waals surface area contributed by atoms with E-state index >= 15 is 0 Å². The molecule has 2 aromatic heterocycles. The highest BCUT2D eigenvalue weighted by Gasteiger charge is 2.29. The van der Waals surface area contributed by atoms with Crippen molar-refractivity contribution in [3.8, 4) is 0 Å². The van der Waals surface area contributed by atoms with Gasteiger partial charge in [0, 0.05) is 12.7 Å². The highest BCUT2D eigenvalue weighted by Crippen LogP contribution is 2.19. The molecule has 0 atom stereocenters. The molecule has 0 saturated heterocycles. The zero-order valence-corrected chi connectivity index (χ0v) is 9.53. The first kappa shape index (κ1) is 12.5. The quantitative estimate of drug-likeness (QED) is 0.886. The van der Waals surface area contributed by atoms with Crippen LogP contribution in [0.15, 0.2) is 17.1 Å². The molecule has 0 fully saturated rings. The van der Waals surface area contributed by atoms with Crippen LogP contribution in [-0.4, -0.2) is 20.5 Å². The van der Waals surface area contributed by atoms with Crippen LogP contribution in [0.1, 0.15) is 6.92 Å². The van der Waals surface area contributed by atoms with Gasteiger partial charge < -0.3 is 10.3 Å². The summed E-state index contributed by atoms with van der Waals surface area (Å²) >= 11 is 0. The van der Waals surface area contributed by atoms with Crippen molar-refractivity contribution >= 4 is 16.7 Å². The Hall–Kier alpha value is -1.99. The maximum Gasteiger partial charge on any atom is 0.406 e. The van der Waals surface area contributed by atoms with Gasteiger partial charge in [-0.1, -0.05) is 0 Å². The molecule has 0 aliphatic heterocycles. The summed E-state index contributed by atoms with van der Waals surface area (Å²) in [6, 6.07) is 1.41. The number of alkyl halides is 3. The number of aromatic nitrogens is 3. The van der Waals surface area contributed by atoms with E-state index in [0.717, 1.165) is 6.20 Å². The summed E-state index contributed by atoms with van der Waals surface area (Å²) in [6.45, 7) is 0.946. The second kappa shape index (κ2) is 4.04. The molecule has 0 amide bonds. The standard InChI is InChI=1S/C10H11F3N4O/c1-2-17-6-3-4-16(5-10(11,12)13)9(18)7(6)8(14)15-17/h3-4H,2,5H2,1H3,(H2,14,15). The Bertz CT molecular complexity index is 641. The number of nitrogen functional groups attached to an aromatic ring is 1. The van der Waals surface area contributed by atoms with Crippen LogP contribution in [0.25, 0.3) is 10.9 Å². The number of aryl methyl sites for hydroxylation is 1. The number of pyridine rings is 1. The number of fused-ring (bicyclic) bond motifs is 1. The van der Waals surface area contributed by atoms with Crippen LogP contribution in [0.5, 0.6) is 0 Å². The van der Waals surface area contributed by atoms with E-state index in [-0.39, 0.29) is 11.2 Å². The molecule has 2 heterocycles. The maximum atomic E-state index is 12.3. The normalized spacial score (nSPS) is 12.2. The first-order valence-corrected chi connectivity index (χ1v) is 5.25. The van der Waals surface area contributed by atoms with Crippen LogP contribution in [0.3, 0.4) is 0 Å². The molecule has 18 heavy (non-hydrogen) atoms. The molecule has 2 rings (SSSR count). The van der Waals surface area contributed by atoms with E-state index in [9.17, 15) is 18.0 Å². The first-order chi connectivity index (χ1) is 8.33.